The third-order valence-corrected chi connectivity index (χ3v) is 7.79. The molecule has 0 saturated heterocycles. The molecule has 0 fully saturated rings. The predicted molar refractivity (Wildman–Crippen MR) is 164 cm³/mol. The van der Waals surface area contributed by atoms with Crippen molar-refractivity contribution < 1.29 is 28.9 Å². The summed E-state index contributed by atoms with van der Waals surface area (Å²) in [5.41, 5.74) is 2.04. The molecular weight excluding hydrogens is 892 g/mol. The number of halogens is 4. The maximum absolute atomic E-state index is 12.1. The van der Waals surface area contributed by atoms with E-state index in [-0.39, 0.29) is 43.4 Å². The molecule has 0 amide bonds. The normalized spacial score (nSPS) is 10.9. The molecule has 0 heterocycles. The summed E-state index contributed by atoms with van der Waals surface area (Å²) in [5, 5.41) is 9.82. The first-order valence-electron chi connectivity index (χ1n) is 10.7. The van der Waals surface area contributed by atoms with E-state index in [4.69, 9.17) is 14.2 Å². The second-order valence-corrected chi connectivity index (χ2v) is 12.4. The Labute approximate surface area is 254 Å². The van der Waals surface area contributed by atoms with Crippen LogP contribution in [0.4, 0.5) is 0 Å². The maximum atomic E-state index is 12.1. The number of hydrogen-bond donors (Lipinski definition) is 1. The van der Waals surface area contributed by atoms with Crippen molar-refractivity contribution in [3.05, 3.63) is 49.7 Å². The number of esters is 2. The van der Waals surface area contributed by atoms with Crippen LogP contribution in [0.15, 0.2) is 24.3 Å². The molecule has 0 atom stereocenters. The summed E-state index contributed by atoms with van der Waals surface area (Å²) in [6, 6.07) is 7.79. The first-order chi connectivity index (χ1) is 16.1. The van der Waals surface area contributed by atoms with Crippen molar-refractivity contribution in [1.82, 2.24) is 0 Å². The molecule has 0 bridgehead atoms. The smallest absolute Gasteiger partial charge is 0.306 e. The molecule has 186 valence electrons. The number of aromatic hydroxyl groups is 1. The van der Waals surface area contributed by atoms with Gasteiger partial charge in [0.15, 0.2) is 0 Å². The van der Waals surface area contributed by atoms with Crippen LogP contribution in [-0.4, -0.2) is 36.4 Å². The predicted octanol–water partition coefficient (Wildman–Crippen LogP) is 6.64. The Hall–Kier alpha value is -0.100. The Morgan fingerprint density at radius 3 is 1.62 bits per heavy atom. The molecule has 2 aromatic rings. The standard InChI is InChI=1S/C24H26I4O6/c1-14(2)34-24-19(27)12-16(13-20(24)28)5-7-22(30)33-9-3-8-32-21(29)6-4-15-10-17(25)23(31)18(26)11-15/h10-14,31H,3-9H2,1-2H3. The van der Waals surface area contributed by atoms with Crippen LogP contribution in [0.5, 0.6) is 11.5 Å². The molecule has 0 aliphatic heterocycles. The highest BCUT2D eigenvalue weighted by molar-refractivity contribution is 14.1. The second-order valence-electron chi connectivity index (χ2n) is 7.76. The Balaban J connectivity index is 1.63. The molecule has 0 aliphatic rings. The molecule has 0 saturated carbocycles. The molecule has 0 spiro atoms. The van der Waals surface area contributed by atoms with Crippen LogP contribution >= 0.6 is 90.4 Å². The van der Waals surface area contributed by atoms with Gasteiger partial charge in [-0.25, -0.2) is 0 Å². The molecule has 0 unspecified atom stereocenters. The number of rotatable bonds is 12. The number of carbonyl (C=O) groups excluding carboxylic acids is 2. The lowest BCUT2D eigenvalue weighted by Gasteiger charge is -2.15. The summed E-state index contributed by atoms with van der Waals surface area (Å²) in [6.45, 7) is 4.42. The van der Waals surface area contributed by atoms with Crippen LogP contribution in [0.2, 0.25) is 0 Å². The quantitative estimate of drug-likeness (QED) is 0.146. The molecule has 0 aromatic heterocycles. The number of benzene rings is 2. The highest BCUT2D eigenvalue weighted by Gasteiger charge is 2.12. The topological polar surface area (TPSA) is 82.1 Å². The minimum atomic E-state index is -0.293. The lowest BCUT2D eigenvalue weighted by Crippen LogP contribution is -2.12. The van der Waals surface area contributed by atoms with Gasteiger partial charge in [-0.3, -0.25) is 9.59 Å². The van der Waals surface area contributed by atoms with Gasteiger partial charge in [0.05, 0.1) is 33.6 Å². The van der Waals surface area contributed by atoms with Crippen LogP contribution < -0.4 is 4.74 Å². The van der Waals surface area contributed by atoms with E-state index in [1.807, 2.05) is 38.1 Å². The molecule has 1 N–H and O–H groups in total. The lowest BCUT2D eigenvalue weighted by atomic mass is 10.1. The van der Waals surface area contributed by atoms with Gasteiger partial charge >= 0.3 is 11.9 Å². The molecule has 2 rings (SSSR count). The highest BCUT2D eigenvalue weighted by Crippen LogP contribution is 2.30. The van der Waals surface area contributed by atoms with Crippen LogP contribution in [0.3, 0.4) is 0 Å². The van der Waals surface area contributed by atoms with E-state index in [0.29, 0.717) is 25.7 Å². The Morgan fingerprint density at radius 2 is 1.21 bits per heavy atom. The van der Waals surface area contributed by atoms with E-state index >= 15 is 0 Å². The second kappa shape index (κ2) is 15.2. The van der Waals surface area contributed by atoms with E-state index in [1.54, 1.807) is 0 Å². The van der Waals surface area contributed by atoms with E-state index in [1.165, 1.54) is 0 Å². The average molecular weight is 918 g/mol. The van der Waals surface area contributed by atoms with Gasteiger partial charge in [0.25, 0.3) is 0 Å². The molecule has 0 aliphatic carbocycles. The van der Waals surface area contributed by atoms with Crippen LogP contribution in [0.25, 0.3) is 0 Å². The largest absolute Gasteiger partial charge is 0.506 e. The van der Waals surface area contributed by atoms with Gasteiger partial charge in [-0.1, -0.05) is 0 Å². The average Bonchev–Trinajstić information content (AvgIpc) is 2.76. The Bertz CT molecular complexity index is 963. The first kappa shape index (κ1) is 30.1. The number of carbonyl (C=O) groups is 2. The highest BCUT2D eigenvalue weighted by atomic mass is 127. The van der Waals surface area contributed by atoms with Gasteiger partial charge < -0.3 is 19.3 Å². The van der Waals surface area contributed by atoms with Crippen molar-refractivity contribution in [2.45, 2.75) is 52.1 Å². The SMILES string of the molecule is CC(C)Oc1c(I)cc(CCC(=O)OCCCOC(=O)CCc2cc(I)c(O)c(I)c2)cc1I. The molecule has 6 nitrogen and oxygen atoms in total. The summed E-state index contributed by atoms with van der Waals surface area (Å²) in [7, 11) is 0. The van der Waals surface area contributed by atoms with E-state index in [2.05, 4.69) is 90.4 Å². The summed E-state index contributed by atoms with van der Waals surface area (Å²) in [4.78, 5) is 24.0. The van der Waals surface area contributed by atoms with E-state index in [0.717, 1.165) is 31.2 Å². The summed E-state index contributed by atoms with van der Waals surface area (Å²) < 4.78 is 19.9. The molecule has 0 radical (unpaired) electrons. The third-order valence-electron chi connectivity index (χ3n) is 4.54. The van der Waals surface area contributed by atoms with Crippen molar-refractivity contribution >= 4 is 102 Å². The molecule has 34 heavy (non-hydrogen) atoms. The fourth-order valence-corrected chi connectivity index (χ4v) is 6.98. The van der Waals surface area contributed by atoms with Crippen LogP contribution in [0.1, 0.15) is 44.2 Å². The van der Waals surface area contributed by atoms with E-state index in [9.17, 15) is 14.7 Å². The Morgan fingerprint density at radius 1 is 0.794 bits per heavy atom. The lowest BCUT2D eigenvalue weighted by molar-refractivity contribution is -0.146. The maximum Gasteiger partial charge on any atom is 0.306 e. The molecule has 2 aromatic carbocycles. The minimum absolute atomic E-state index is 0.106. The zero-order chi connectivity index (χ0) is 25.3. The van der Waals surface area contributed by atoms with Gasteiger partial charge in [-0.05, 0) is 152 Å². The fraction of sp³-hybridized carbons (Fsp3) is 0.417. The first-order valence-corrected chi connectivity index (χ1v) is 15.0. The minimum Gasteiger partial charge on any atom is -0.506 e. The number of ether oxygens (including phenoxy) is 3. The van der Waals surface area contributed by atoms with Crippen molar-refractivity contribution in [3.63, 3.8) is 0 Å². The zero-order valence-electron chi connectivity index (χ0n) is 18.8. The fourth-order valence-electron chi connectivity index (χ4n) is 2.94. The third kappa shape index (κ3) is 10.5. The van der Waals surface area contributed by atoms with Crippen LogP contribution in [-0.2, 0) is 31.9 Å². The monoisotopic (exact) mass is 918 g/mol. The molecule has 10 heteroatoms. The van der Waals surface area contributed by atoms with Crippen molar-refractivity contribution in [2.24, 2.45) is 0 Å². The number of aryl methyl sites for hydroxylation is 2. The van der Waals surface area contributed by atoms with Crippen molar-refractivity contribution in [3.8, 4) is 11.5 Å². The van der Waals surface area contributed by atoms with Gasteiger partial charge in [-0.15, -0.1) is 0 Å². The number of phenolic OH excluding ortho intramolecular Hbond substituents is 1. The van der Waals surface area contributed by atoms with Crippen LogP contribution in [0, 0.1) is 14.3 Å². The van der Waals surface area contributed by atoms with E-state index < -0.39 is 0 Å². The summed E-state index contributed by atoms with van der Waals surface area (Å²) in [6.07, 6.45) is 2.26. The van der Waals surface area contributed by atoms with Gasteiger partial charge in [0.1, 0.15) is 11.5 Å². The number of hydrogen-bond acceptors (Lipinski definition) is 6. The van der Waals surface area contributed by atoms with Crippen molar-refractivity contribution in [1.29, 1.82) is 0 Å². The van der Waals surface area contributed by atoms with Gasteiger partial charge in [0.2, 0.25) is 0 Å². The summed E-state index contributed by atoms with van der Waals surface area (Å²) >= 11 is 8.64. The number of phenols is 1. The summed E-state index contributed by atoms with van der Waals surface area (Å²) in [5.74, 6) is 0.583. The Kier molecular flexibility index (Phi) is 13.5. The van der Waals surface area contributed by atoms with Gasteiger partial charge in [0, 0.05) is 19.3 Å². The van der Waals surface area contributed by atoms with Crippen molar-refractivity contribution in [2.75, 3.05) is 13.2 Å². The van der Waals surface area contributed by atoms with Gasteiger partial charge in [-0.2, -0.15) is 0 Å². The molecular formula is C24H26I4O6. The zero-order valence-corrected chi connectivity index (χ0v) is 27.5.